The second kappa shape index (κ2) is 2.97. The van der Waals surface area contributed by atoms with Crippen molar-refractivity contribution in [1.82, 2.24) is 14.5 Å². The molecular weight excluding hydrogens is 190 g/mol. The van der Waals surface area contributed by atoms with E-state index in [1.54, 1.807) is 19.2 Å². The average molecular weight is 197 g/mol. The first-order chi connectivity index (χ1) is 6.20. The van der Waals surface area contributed by atoms with Gasteiger partial charge in [-0.25, -0.2) is 9.97 Å². The van der Waals surface area contributed by atoms with Crippen LogP contribution < -0.4 is 0 Å². The van der Waals surface area contributed by atoms with Crippen LogP contribution in [0.25, 0.3) is 11.0 Å². The largest absolute Gasteiger partial charge is 0.367 e. The highest BCUT2D eigenvalue weighted by Crippen LogP contribution is 2.22. The standard InChI is InChI=1S/C8H7ClN3O/c1-5(13)12-3-2-6-7(12)8(9)11-4-10-6/h2-4,13H,1H3. The Morgan fingerprint density at radius 2 is 2.31 bits per heavy atom. The maximum absolute atomic E-state index is 9.30. The molecule has 0 saturated heterocycles. The third-order valence-corrected chi connectivity index (χ3v) is 2.05. The first-order valence-corrected chi connectivity index (χ1v) is 4.08. The molecular formula is C8H7ClN3O. The van der Waals surface area contributed by atoms with Crippen LogP contribution in [-0.2, 0) is 0 Å². The number of rotatable bonds is 1. The van der Waals surface area contributed by atoms with Gasteiger partial charge >= 0.3 is 0 Å². The van der Waals surface area contributed by atoms with Crippen molar-refractivity contribution in [3.63, 3.8) is 0 Å². The van der Waals surface area contributed by atoms with Crippen molar-refractivity contribution in [3.8, 4) is 0 Å². The van der Waals surface area contributed by atoms with Gasteiger partial charge in [0.15, 0.2) is 11.4 Å². The molecule has 2 heterocycles. The van der Waals surface area contributed by atoms with Crippen molar-refractivity contribution in [2.45, 2.75) is 6.92 Å². The third-order valence-electron chi connectivity index (χ3n) is 1.78. The molecule has 67 valence electrons. The lowest BCUT2D eigenvalue weighted by Gasteiger charge is -2.06. The van der Waals surface area contributed by atoms with Crippen LogP contribution in [0.5, 0.6) is 0 Å². The Bertz CT molecular complexity index is 438. The van der Waals surface area contributed by atoms with E-state index in [9.17, 15) is 5.11 Å². The Morgan fingerprint density at radius 3 is 3.00 bits per heavy atom. The number of hydrogen-bond acceptors (Lipinski definition) is 3. The molecule has 0 amide bonds. The minimum atomic E-state index is 0.145. The van der Waals surface area contributed by atoms with Gasteiger partial charge in [0.05, 0.1) is 5.52 Å². The smallest absolute Gasteiger partial charge is 0.187 e. The molecule has 0 aliphatic carbocycles. The fourth-order valence-electron chi connectivity index (χ4n) is 1.20. The summed E-state index contributed by atoms with van der Waals surface area (Å²) < 4.78 is 1.54. The van der Waals surface area contributed by atoms with Crippen molar-refractivity contribution in [2.24, 2.45) is 0 Å². The van der Waals surface area contributed by atoms with Gasteiger partial charge in [0.2, 0.25) is 0 Å². The number of hydrogen-bond donors (Lipinski definition) is 1. The zero-order valence-electron chi connectivity index (χ0n) is 6.90. The molecule has 0 spiro atoms. The van der Waals surface area contributed by atoms with E-state index in [-0.39, 0.29) is 6.23 Å². The minimum absolute atomic E-state index is 0.145. The third kappa shape index (κ3) is 1.28. The second-order valence-corrected chi connectivity index (χ2v) is 2.99. The van der Waals surface area contributed by atoms with Gasteiger partial charge in [-0.2, -0.15) is 0 Å². The molecule has 4 nitrogen and oxygen atoms in total. The van der Waals surface area contributed by atoms with Crippen molar-refractivity contribution in [3.05, 3.63) is 30.0 Å². The van der Waals surface area contributed by atoms with Crippen LogP contribution in [0.1, 0.15) is 6.92 Å². The van der Waals surface area contributed by atoms with E-state index in [0.29, 0.717) is 16.2 Å². The minimum Gasteiger partial charge on any atom is -0.367 e. The molecule has 13 heavy (non-hydrogen) atoms. The van der Waals surface area contributed by atoms with Gasteiger partial charge < -0.3 is 9.67 Å². The number of aromatic nitrogens is 3. The average Bonchev–Trinajstić information content (AvgIpc) is 2.49. The first-order valence-electron chi connectivity index (χ1n) is 3.70. The first kappa shape index (κ1) is 8.47. The molecule has 0 saturated carbocycles. The summed E-state index contributed by atoms with van der Waals surface area (Å²) in [6.45, 7) is 1.57. The summed E-state index contributed by atoms with van der Waals surface area (Å²) in [6, 6.07) is 1.77. The second-order valence-electron chi connectivity index (χ2n) is 2.63. The van der Waals surface area contributed by atoms with Gasteiger partial charge in [-0.1, -0.05) is 11.6 Å². The van der Waals surface area contributed by atoms with E-state index in [1.807, 2.05) is 0 Å². The predicted molar refractivity (Wildman–Crippen MR) is 48.8 cm³/mol. The zero-order chi connectivity index (χ0) is 9.42. The van der Waals surface area contributed by atoms with Crippen molar-refractivity contribution >= 4 is 22.6 Å². The molecule has 5 heteroatoms. The van der Waals surface area contributed by atoms with Crippen LogP contribution in [0.15, 0.2) is 18.6 Å². The number of aliphatic hydroxyl groups excluding tert-OH is 1. The van der Waals surface area contributed by atoms with Crippen LogP contribution in [0.3, 0.4) is 0 Å². The normalized spacial score (nSPS) is 11.4. The molecule has 2 aromatic rings. The van der Waals surface area contributed by atoms with Crippen LogP contribution in [-0.4, -0.2) is 19.6 Å². The zero-order valence-corrected chi connectivity index (χ0v) is 7.65. The summed E-state index contributed by atoms with van der Waals surface area (Å²) in [6.07, 6.45) is 3.23. The summed E-state index contributed by atoms with van der Waals surface area (Å²) in [4.78, 5) is 7.84. The van der Waals surface area contributed by atoms with Crippen LogP contribution in [0.4, 0.5) is 0 Å². The lowest BCUT2D eigenvalue weighted by atomic mass is 10.4. The van der Waals surface area contributed by atoms with Crippen LogP contribution >= 0.6 is 11.6 Å². The number of aliphatic hydroxyl groups is 1. The van der Waals surface area contributed by atoms with Crippen molar-refractivity contribution in [1.29, 1.82) is 0 Å². The number of fused-ring (bicyclic) bond motifs is 1. The number of halogens is 1. The molecule has 1 N–H and O–H groups in total. The lowest BCUT2D eigenvalue weighted by Crippen LogP contribution is -2.03. The predicted octanol–water partition coefficient (Wildman–Crippen LogP) is 1.81. The Labute approximate surface area is 79.8 Å². The summed E-state index contributed by atoms with van der Waals surface area (Å²) >= 11 is 5.85. The molecule has 0 bridgehead atoms. The molecule has 0 fully saturated rings. The Balaban J connectivity index is 2.79. The van der Waals surface area contributed by atoms with Crippen molar-refractivity contribution in [2.75, 3.05) is 0 Å². The Hall–Kier alpha value is -1.13. The van der Waals surface area contributed by atoms with Gasteiger partial charge in [0.1, 0.15) is 11.8 Å². The summed E-state index contributed by atoms with van der Waals surface area (Å²) in [5.74, 6) is 0. The van der Waals surface area contributed by atoms with Crippen LogP contribution in [0.2, 0.25) is 5.15 Å². The monoisotopic (exact) mass is 196 g/mol. The molecule has 1 radical (unpaired) electrons. The van der Waals surface area contributed by atoms with Gasteiger partial charge in [-0.05, 0) is 13.0 Å². The summed E-state index contributed by atoms with van der Waals surface area (Å²) in [5.41, 5.74) is 1.34. The topological polar surface area (TPSA) is 50.9 Å². The highest BCUT2D eigenvalue weighted by molar-refractivity contribution is 6.33. The Morgan fingerprint density at radius 1 is 1.54 bits per heavy atom. The van der Waals surface area contributed by atoms with Gasteiger partial charge in [-0.3, -0.25) is 0 Å². The van der Waals surface area contributed by atoms with Gasteiger partial charge in [0, 0.05) is 6.20 Å². The molecule has 0 aromatic carbocycles. The summed E-state index contributed by atoms with van der Waals surface area (Å²) in [7, 11) is 0. The van der Waals surface area contributed by atoms with E-state index < -0.39 is 0 Å². The van der Waals surface area contributed by atoms with E-state index in [4.69, 9.17) is 11.6 Å². The molecule has 2 aromatic heterocycles. The maximum Gasteiger partial charge on any atom is 0.187 e. The Kier molecular flexibility index (Phi) is 1.94. The van der Waals surface area contributed by atoms with E-state index in [1.165, 1.54) is 10.9 Å². The molecule has 0 aliphatic heterocycles. The van der Waals surface area contributed by atoms with Crippen LogP contribution in [0, 0.1) is 6.23 Å². The fraction of sp³-hybridized carbons (Fsp3) is 0.125. The lowest BCUT2D eigenvalue weighted by molar-refractivity contribution is 0.283. The van der Waals surface area contributed by atoms with Gasteiger partial charge in [-0.15, -0.1) is 0 Å². The fourth-order valence-corrected chi connectivity index (χ4v) is 1.44. The molecule has 0 aliphatic rings. The molecule has 0 atom stereocenters. The maximum atomic E-state index is 9.30. The van der Waals surface area contributed by atoms with E-state index in [2.05, 4.69) is 9.97 Å². The summed E-state index contributed by atoms with van der Waals surface area (Å²) in [5, 5.41) is 9.64. The van der Waals surface area contributed by atoms with Crippen molar-refractivity contribution < 1.29 is 5.11 Å². The molecule has 0 unspecified atom stereocenters. The quantitative estimate of drug-likeness (QED) is 0.708. The van der Waals surface area contributed by atoms with Gasteiger partial charge in [0.25, 0.3) is 0 Å². The highest BCUT2D eigenvalue weighted by Gasteiger charge is 2.10. The van der Waals surface area contributed by atoms with E-state index >= 15 is 0 Å². The van der Waals surface area contributed by atoms with E-state index in [0.717, 1.165) is 0 Å². The molecule has 2 rings (SSSR count). The highest BCUT2D eigenvalue weighted by atomic mass is 35.5. The SMILES string of the molecule is C[C](O)n1ccc2ncnc(Cl)c21. The number of nitrogens with zero attached hydrogens (tertiary/aromatic N) is 3.